The number of carboxylic acids is 1. The second-order valence-corrected chi connectivity index (χ2v) is 6.63. The highest BCUT2D eigenvalue weighted by molar-refractivity contribution is 7.99. The first-order chi connectivity index (χ1) is 11.5. The van der Waals surface area contributed by atoms with E-state index in [1.807, 2.05) is 19.9 Å². The molecule has 0 saturated carbocycles. The number of carboxylic acid groups (broad SMARTS) is 1. The van der Waals surface area contributed by atoms with E-state index in [2.05, 4.69) is 10.3 Å². The third-order valence-electron chi connectivity index (χ3n) is 3.73. The number of hydrogen-bond donors (Lipinski definition) is 2. The van der Waals surface area contributed by atoms with Crippen LogP contribution in [0.3, 0.4) is 0 Å². The molecule has 24 heavy (non-hydrogen) atoms. The summed E-state index contributed by atoms with van der Waals surface area (Å²) in [4.78, 5) is 29.7. The molecule has 0 fully saturated rings. The summed E-state index contributed by atoms with van der Waals surface area (Å²) in [6.45, 7) is 4.51. The lowest BCUT2D eigenvalue weighted by Gasteiger charge is -2.30. The Morgan fingerprint density at radius 3 is 2.62 bits per heavy atom. The first-order valence-electron chi connectivity index (χ1n) is 7.48. The number of nitrogens with one attached hydrogen (secondary N) is 1. The Balaban J connectivity index is 1.83. The van der Waals surface area contributed by atoms with E-state index in [9.17, 15) is 9.59 Å². The summed E-state index contributed by atoms with van der Waals surface area (Å²) in [5.41, 5.74) is 3.54. The van der Waals surface area contributed by atoms with Crippen molar-refractivity contribution in [2.24, 2.45) is 0 Å². The van der Waals surface area contributed by atoms with Gasteiger partial charge in [0.1, 0.15) is 5.03 Å². The second kappa shape index (κ2) is 6.52. The smallest absolute Gasteiger partial charge is 0.335 e. The first-order valence-corrected chi connectivity index (χ1v) is 8.47. The summed E-state index contributed by atoms with van der Waals surface area (Å²) in [6.07, 6.45) is 0. The molecule has 0 bridgehead atoms. The standard InChI is InChI=1S/C17H17N3O3S/c1-10-9-11(2)18-15-14(10)20(7-8-24-15)17(23)19-13-5-3-12(4-6-13)16(21)22/h3-6,9H,7-8H2,1-2H3,(H,19,23)(H,21,22). The van der Waals surface area contributed by atoms with E-state index in [0.29, 0.717) is 12.2 Å². The minimum Gasteiger partial charge on any atom is -0.478 e. The van der Waals surface area contributed by atoms with E-state index in [-0.39, 0.29) is 11.6 Å². The first kappa shape index (κ1) is 16.3. The summed E-state index contributed by atoms with van der Waals surface area (Å²) in [5.74, 6) is -0.208. The molecule has 124 valence electrons. The van der Waals surface area contributed by atoms with Gasteiger partial charge in [-0.05, 0) is 49.7 Å². The molecule has 0 unspecified atom stereocenters. The molecule has 2 aromatic rings. The van der Waals surface area contributed by atoms with Crippen molar-refractivity contribution < 1.29 is 14.7 Å². The normalized spacial score (nSPS) is 13.3. The lowest BCUT2D eigenvalue weighted by Crippen LogP contribution is -2.39. The van der Waals surface area contributed by atoms with Crippen molar-refractivity contribution in [2.75, 3.05) is 22.5 Å². The van der Waals surface area contributed by atoms with Gasteiger partial charge in [0, 0.05) is 23.7 Å². The van der Waals surface area contributed by atoms with Gasteiger partial charge in [0.15, 0.2) is 0 Å². The Morgan fingerprint density at radius 2 is 1.96 bits per heavy atom. The van der Waals surface area contributed by atoms with Crippen LogP contribution in [0.2, 0.25) is 0 Å². The number of aryl methyl sites for hydroxylation is 2. The number of nitrogens with zero attached hydrogens (tertiary/aromatic N) is 2. The quantitative estimate of drug-likeness (QED) is 0.871. The lowest BCUT2D eigenvalue weighted by atomic mass is 10.2. The van der Waals surface area contributed by atoms with E-state index in [0.717, 1.165) is 27.7 Å². The van der Waals surface area contributed by atoms with E-state index < -0.39 is 5.97 Å². The van der Waals surface area contributed by atoms with Gasteiger partial charge >= 0.3 is 12.0 Å². The number of urea groups is 1. The molecule has 2 N–H and O–H groups in total. The number of fused-ring (bicyclic) bond motifs is 1. The number of amides is 2. The Bertz CT molecular complexity index is 805. The molecule has 1 aliphatic rings. The fourth-order valence-electron chi connectivity index (χ4n) is 2.66. The molecule has 0 saturated heterocycles. The number of thioether (sulfide) groups is 1. The van der Waals surface area contributed by atoms with Crippen LogP contribution in [0.15, 0.2) is 35.4 Å². The number of rotatable bonds is 2. The number of benzene rings is 1. The van der Waals surface area contributed by atoms with Crippen LogP contribution in [0.4, 0.5) is 16.2 Å². The Kier molecular flexibility index (Phi) is 4.44. The van der Waals surface area contributed by atoms with Gasteiger partial charge in [-0.1, -0.05) is 0 Å². The fourth-order valence-corrected chi connectivity index (χ4v) is 3.74. The molecule has 0 atom stereocenters. The van der Waals surface area contributed by atoms with Gasteiger partial charge in [0.05, 0.1) is 11.3 Å². The van der Waals surface area contributed by atoms with E-state index in [1.165, 1.54) is 12.1 Å². The van der Waals surface area contributed by atoms with Crippen LogP contribution in [0, 0.1) is 13.8 Å². The number of hydrogen-bond acceptors (Lipinski definition) is 4. The molecule has 0 aliphatic carbocycles. The van der Waals surface area contributed by atoms with Crippen molar-refractivity contribution in [3.05, 3.63) is 47.2 Å². The SMILES string of the molecule is Cc1cc(C)c2c(n1)SCCN2C(=O)Nc1ccc(C(=O)O)cc1. The maximum atomic E-state index is 12.6. The highest BCUT2D eigenvalue weighted by atomic mass is 32.2. The summed E-state index contributed by atoms with van der Waals surface area (Å²) >= 11 is 1.65. The van der Waals surface area contributed by atoms with Crippen molar-refractivity contribution in [3.8, 4) is 0 Å². The van der Waals surface area contributed by atoms with Crippen molar-refractivity contribution in [1.82, 2.24) is 4.98 Å². The maximum Gasteiger partial charge on any atom is 0.335 e. The third-order valence-corrected chi connectivity index (χ3v) is 4.68. The van der Waals surface area contributed by atoms with Crippen LogP contribution in [0.1, 0.15) is 21.6 Å². The monoisotopic (exact) mass is 343 g/mol. The molecule has 1 aromatic heterocycles. The number of aromatic nitrogens is 1. The number of carbonyl (C=O) groups excluding carboxylic acids is 1. The summed E-state index contributed by atoms with van der Waals surface area (Å²) < 4.78 is 0. The van der Waals surface area contributed by atoms with Crippen LogP contribution in [0.5, 0.6) is 0 Å². The molecule has 0 spiro atoms. The van der Waals surface area contributed by atoms with Gasteiger partial charge in [-0.15, -0.1) is 11.8 Å². The van der Waals surface area contributed by atoms with Gasteiger partial charge in [0.25, 0.3) is 0 Å². The third kappa shape index (κ3) is 3.21. The molecular formula is C17H17N3O3S. The summed E-state index contributed by atoms with van der Waals surface area (Å²) in [5, 5.41) is 12.6. The maximum absolute atomic E-state index is 12.6. The van der Waals surface area contributed by atoms with Crippen LogP contribution < -0.4 is 10.2 Å². The largest absolute Gasteiger partial charge is 0.478 e. The molecule has 2 heterocycles. The minimum atomic E-state index is -0.994. The van der Waals surface area contributed by atoms with Crippen molar-refractivity contribution in [3.63, 3.8) is 0 Å². The average Bonchev–Trinajstić information content (AvgIpc) is 2.54. The van der Waals surface area contributed by atoms with E-state index >= 15 is 0 Å². The summed E-state index contributed by atoms with van der Waals surface area (Å²) in [6, 6.07) is 7.82. The van der Waals surface area contributed by atoms with Crippen LogP contribution >= 0.6 is 11.8 Å². The Labute approximate surface area is 143 Å². The lowest BCUT2D eigenvalue weighted by molar-refractivity contribution is 0.0697. The van der Waals surface area contributed by atoms with Gasteiger partial charge < -0.3 is 10.4 Å². The highest BCUT2D eigenvalue weighted by Crippen LogP contribution is 2.36. The predicted molar refractivity (Wildman–Crippen MR) is 94.2 cm³/mol. The zero-order valence-electron chi connectivity index (χ0n) is 13.4. The molecule has 1 aliphatic heterocycles. The number of carbonyl (C=O) groups is 2. The highest BCUT2D eigenvalue weighted by Gasteiger charge is 2.26. The van der Waals surface area contributed by atoms with Crippen LogP contribution in [-0.4, -0.2) is 34.4 Å². The molecule has 3 rings (SSSR count). The fraction of sp³-hybridized carbons (Fsp3) is 0.235. The minimum absolute atomic E-state index is 0.184. The van der Waals surface area contributed by atoms with Crippen molar-refractivity contribution in [2.45, 2.75) is 18.9 Å². The van der Waals surface area contributed by atoms with Gasteiger partial charge in [-0.25, -0.2) is 14.6 Å². The summed E-state index contributed by atoms with van der Waals surface area (Å²) in [7, 11) is 0. The van der Waals surface area contributed by atoms with E-state index in [1.54, 1.807) is 28.8 Å². The molecular weight excluding hydrogens is 326 g/mol. The molecule has 0 radical (unpaired) electrons. The average molecular weight is 343 g/mol. The van der Waals surface area contributed by atoms with Crippen LogP contribution in [-0.2, 0) is 0 Å². The molecule has 1 aromatic carbocycles. The molecule has 6 nitrogen and oxygen atoms in total. The molecule has 2 amide bonds. The van der Waals surface area contributed by atoms with E-state index in [4.69, 9.17) is 5.11 Å². The zero-order chi connectivity index (χ0) is 17.3. The number of anilines is 2. The Hall–Kier alpha value is -2.54. The number of aromatic carboxylic acids is 1. The second-order valence-electron chi connectivity index (χ2n) is 5.55. The van der Waals surface area contributed by atoms with Gasteiger partial charge in [-0.3, -0.25) is 4.90 Å². The Morgan fingerprint density at radius 1 is 1.25 bits per heavy atom. The van der Waals surface area contributed by atoms with Gasteiger partial charge in [0.2, 0.25) is 0 Å². The van der Waals surface area contributed by atoms with Crippen LogP contribution in [0.25, 0.3) is 0 Å². The number of pyridine rings is 1. The van der Waals surface area contributed by atoms with Crippen molar-refractivity contribution in [1.29, 1.82) is 0 Å². The molecule has 7 heteroatoms. The zero-order valence-corrected chi connectivity index (χ0v) is 14.2. The topological polar surface area (TPSA) is 82.5 Å². The predicted octanol–water partition coefficient (Wildman–Crippen LogP) is 3.54. The van der Waals surface area contributed by atoms with Crippen molar-refractivity contribution >= 4 is 35.1 Å². The van der Waals surface area contributed by atoms with Gasteiger partial charge in [-0.2, -0.15) is 0 Å².